The van der Waals surface area contributed by atoms with Gasteiger partial charge in [0.1, 0.15) is 9.96 Å². The number of hydrogen-bond acceptors (Lipinski definition) is 5. The van der Waals surface area contributed by atoms with Gasteiger partial charge in [-0.1, -0.05) is 12.1 Å². The van der Waals surface area contributed by atoms with E-state index in [4.69, 9.17) is 4.74 Å². The lowest BCUT2D eigenvalue weighted by Gasteiger charge is -2.30. The maximum atomic E-state index is 12.5. The SMILES string of the molecule is COc1cccc(NC(=O)C2CCN(S(=O)(=O)c3cccs3)CC2)c1. The van der Waals surface area contributed by atoms with Crippen molar-refractivity contribution in [1.82, 2.24) is 4.31 Å². The van der Waals surface area contributed by atoms with E-state index >= 15 is 0 Å². The highest BCUT2D eigenvalue weighted by Crippen LogP contribution is 2.27. The second-order valence-electron chi connectivity index (χ2n) is 5.83. The Labute approximate surface area is 151 Å². The number of methoxy groups -OCH3 is 1. The van der Waals surface area contributed by atoms with Gasteiger partial charge in [0.05, 0.1) is 7.11 Å². The summed E-state index contributed by atoms with van der Waals surface area (Å²) in [5.74, 6) is 0.400. The van der Waals surface area contributed by atoms with Crippen LogP contribution >= 0.6 is 11.3 Å². The molecule has 134 valence electrons. The second kappa shape index (κ2) is 7.55. The first-order valence-corrected chi connectivity index (χ1v) is 10.3. The van der Waals surface area contributed by atoms with Crippen LogP contribution in [0.1, 0.15) is 12.8 Å². The number of ether oxygens (including phenoxy) is 1. The van der Waals surface area contributed by atoms with Gasteiger partial charge in [0.2, 0.25) is 5.91 Å². The molecule has 2 aromatic rings. The molecule has 0 saturated carbocycles. The molecule has 0 radical (unpaired) electrons. The topological polar surface area (TPSA) is 75.7 Å². The molecule has 1 aromatic carbocycles. The number of benzene rings is 1. The Bertz CT molecular complexity index is 826. The lowest BCUT2D eigenvalue weighted by atomic mass is 9.97. The first-order valence-electron chi connectivity index (χ1n) is 7.99. The van der Waals surface area contributed by atoms with E-state index in [1.165, 1.54) is 15.6 Å². The summed E-state index contributed by atoms with van der Waals surface area (Å²) in [5.41, 5.74) is 0.679. The highest BCUT2D eigenvalue weighted by atomic mass is 32.2. The number of carbonyl (C=O) groups excluding carboxylic acids is 1. The van der Waals surface area contributed by atoms with Gasteiger partial charge in [0, 0.05) is 30.8 Å². The van der Waals surface area contributed by atoms with Gasteiger partial charge in [0.25, 0.3) is 10.0 Å². The monoisotopic (exact) mass is 380 g/mol. The van der Waals surface area contributed by atoms with E-state index in [2.05, 4.69) is 5.32 Å². The Morgan fingerprint density at radius 2 is 2.00 bits per heavy atom. The Balaban J connectivity index is 1.59. The minimum atomic E-state index is -3.43. The molecule has 0 bridgehead atoms. The number of amides is 1. The van der Waals surface area contributed by atoms with Crippen molar-refractivity contribution in [1.29, 1.82) is 0 Å². The minimum Gasteiger partial charge on any atom is -0.497 e. The van der Waals surface area contributed by atoms with Gasteiger partial charge in [-0.05, 0) is 36.4 Å². The molecule has 1 aliphatic rings. The van der Waals surface area contributed by atoms with Crippen LogP contribution in [-0.2, 0) is 14.8 Å². The van der Waals surface area contributed by atoms with Crippen LogP contribution in [0.15, 0.2) is 46.0 Å². The molecule has 1 amide bonds. The lowest BCUT2D eigenvalue weighted by molar-refractivity contribution is -0.120. The number of sulfonamides is 1. The molecule has 6 nitrogen and oxygen atoms in total. The molecular formula is C17H20N2O4S2. The quantitative estimate of drug-likeness (QED) is 0.865. The fourth-order valence-corrected chi connectivity index (χ4v) is 5.46. The predicted octanol–water partition coefficient (Wildman–Crippen LogP) is 2.80. The highest BCUT2D eigenvalue weighted by Gasteiger charge is 2.32. The Morgan fingerprint density at radius 3 is 2.64 bits per heavy atom. The smallest absolute Gasteiger partial charge is 0.252 e. The second-order valence-corrected chi connectivity index (χ2v) is 8.94. The summed E-state index contributed by atoms with van der Waals surface area (Å²) in [5, 5.41) is 4.63. The van der Waals surface area contributed by atoms with Gasteiger partial charge in [-0.15, -0.1) is 11.3 Å². The summed E-state index contributed by atoms with van der Waals surface area (Å²) < 4.78 is 32.0. The largest absolute Gasteiger partial charge is 0.497 e. The van der Waals surface area contributed by atoms with Crippen molar-refractivity contribution in [3.63, 3.8) is 0 Å². The molecule has 0 atom stereocenters. The van der Waals surface area contributed by atoms with E-state index in [0.29, 0.717) is 41.6 Å². The lowest BCUT2D eigenvalue weighted by Crippen LogP contribution is -2.41. The number of thiophene rings is 1. The van der Waals surface area contributed by atoms with Crippen molar-refractivity contribution in [3.05, 3.63) is 41.8 Å². The summed E-state index contributed by atoms with van der Waals surface area (Å²) >= 11 is 1.22. The van der Waals surface area contributed by atoms with Crippen molar-refractivity contribution in [2.75, 3.05) is 25.5 Å². The summed E-state index contributed by atoms with van der Waals surface area (Å²) in [6.45, 7) is 0.715. The Morgan fingerprint density at radius 1 is 1.24 bits per heavy atom. The highest BCUT2D eigenvalue weighted by molar-refractivity contribution is 7.91. The van der Waals surface area contributed by atoms with E-state index < -0.39 is 10.0 Å². The maximum Gasteiger partial charge on any atom is 0.252 e. The summed E-state index contributed by atoms with van der Waals surface area (Å²) in [7, 11) is -1.86. The average Bonchev–Trinajstić information content (AvgIpc) is 3.17. The first kappa shape index (κ1) is 17.9. The van der Waals surface area contributed by atoms with Gasteiger partial charge in [-0.25, -0.2) is 8.42 Å². The van der Waals surface area contributed by atoms with Crippen LogP contribution in [0.5, 0.6) is 5.75 Å². The number of carbonyl (C=O) groups is 1. The zero-order chi connectivity index (χ0) is 17.9. The minimum absolute atomic E-state index is 0.0820. The van der Waals surface area contributed by atoms with Gasteiger partial charge in [0.15, 0.2) is 0 Å². The van der Waals surface area contributed by atoms with Crippen LogP contribution < -0.4 is 10.1 Å². The van der Waals surface area contributed by atoms with Crippen molar-refractivity contribution < 1.29 is 17.9 Å². The van der Waals surface area contributed by atoms with Crippen LogP contribution in [0.3, 0.4) is 0 Å². The van der Waals surface area contributed by atoms with Gasteiger partial charge in [-0.3, -0.25) is 4.79 Å². The zero-order valence-electron chi connectivity index (χ0n) is 13.8. The molecule has 1 aromatic heterocycles. The summed E-state index contributed by atoms with van der Waals surface area (Å²) in [6.07, 6.45) is 1.03. The number of rotatable bonds is 5. The van der Waals surface area contributed by atoms with Gasteiger partial charge in [-0.2, -0.15) is 4.31 Å². The molecule has 0 aliphatic carbocycles. The number of anilines is 1. The standard InChI is InChI=1S/C17H20N2O4S2/c1-23-15-5-2-4-14(12-15)18-17(20)13-7-9-19(10-8-13)25(21,22)16-6-3-11-24-16/h2-6,11-13H,7-10H2,1H3,(H,18,20). The zero-order valence-corrected chi connectivity index (χ0v) is 15.5. The van der Waals surface area contributed by atoms with E-state index in [0.717, 1.165) is 0 Å². The average molecular weight is 380 g/mol. The molecule has 3 rings (SSSR count). The van der Waals surface area contributed by atoms with Crippen LogP contribution in [0, 0.1) is 5.92 Å². The van der Waals surface area contributed by atoms with Gasteiger partial charge >= 0.3 is 0 Å². The molecule has 1 N–H and O–H groups in total. The normalized spacial score (nSPS) is 16.5. The number of nitrogens with zero attached hydrogens (tertiary/aromatic N) is 1. The van der Waals surface area contributed by atoms with Crippen LogP contribution in [0.25, 0.3) is 0 Å². The molecule has 0 spiro atoms. The molecule has 1 fully saturated rings. The fraction of sp³-hybridized carbons (Fsp3) is 0.353. The summed E-state index contributed by atoms with van der Waals surface area (Å²) in [6, 6.07) is 10.5. The third-order valence-electron chi connectivity index (χ3n) is 4.25. The van der Waals surface area contributed by atoms with Crippen LogP contribution in [0.4, 0.5) is 5.69 Å². The predicted molar refractivity (Wildman–Crippen MR) is 97.4 cm³/mol. The number of piperidine rings is 1. The van der Waals surface area contributed by atoms with Crippen molar-refractivity contribution in [2.24, 2.45) is 5.92 Å². The maximum absolute atomic E-state index is 12.5. The molecule has 1 saturated heterocycles. The van der Waals surface area contributed by atoms with Crippen molar-refractivity contribution in [3.8, 4) is 5.75 Å². The first-order chi connectivity index (χ1) is 12.0. The molecular weight excluding hydrogens is 360 g/mol. The van der Waals surface area contributed by atoms with E-state index in [1.54, 1.807) is 36.8 Å². The molecule has 2 heterocycles. The van der Waals surface area contributed by atoms with Crippen LogP contribution in [0.2, 0.25) is 0 Å². The van der Waals surface area contributed by atoms with Crippen LogP contribution in [-0.4, -0.2) is 38.8 Å². The van der Waals surface area contributed by atoms with E-state index in [9.17, 15) is 13.2 Å². The molecule has 1 aliphatic heterocycles. The third kappa shape index (κ3) is 4.02. The van der Waals surface area contributed by atoms with Crippen molar-refractivity contribution >= 4 is 33.0 Å². The summed E-state index contributed by atoms with van der Waals surface area (Å²) in [4.78, 5) is 12.4. The fourth-order valence-electron chi connectivity index (χ4n) is 2.84. The third-order valence-corrected chi connectivity index (χ3v) is 7.52. The molecule has 25 heavy (non-hydrogen) atoms. The molecule has 8 heteroatoms. The number of nitrogens with one attached hydrogen (secondary N) is 1. The van der Waals surface area contributed by atoms with Crippen molar-refractivity contribution in [2.45, 2.75) is 17.1 Å². The Hall–Kier alpha value is -1.90. The van der Waals surface area contributed by atoms with E-state index in [-0.39, 0.29) is 11.8 Å². The number of hydrogen-bond donors (Lipinski definition) is 1. The molecule has 0 unspecified atom stereocenters. The van der Waals surface area contributed by atoms with Gasteiger partial charge < -0.3 is 10.1 Å². The van der Waals surface area contributed by atoms with E-state index in [1.807, 2.05) is 12.1 Å². The Kier molecular flexibility index (Phi) is 5.41.